The number of rotatable bonds is 6. The quantitative estimate of drug-likeness (QED) is 0.418. The summed E-state index contributed by atoms with van der Waals surface area (Å²) in [6.07, 6.45) is 0. The minimum Gasteiger partial charge on any atom is -0.492 e. The molecule has 2 aromatic carbocycles. The van der Waals surface area contributed by atoms with Gasteiger partial charge in [0.2, 0.25) is 11.6 Å². The lowest BCUT2D eigenvalue weighted by molar-refractivity contribution is -0.384. The zero-order chi connectivity index (χ0) is 23.0. The number of carbonyl (C=O) groups excluding carboxylic acids is 2. The molecule has 8 heteroatoms. The van der Waals surface area contributed by atoms with Gasteiger partial charge in [-0.05, 0) is 38.1 Å². The average molecular weight is 432 g/mol. The van der Waals surface area contributed by atoms with Gasteiger partial charge in [-0.25, -0.2) is 0 Å². The highest BCUT2D eigenvalue weighted by molar-refractivity contribution is 6.26. The van der Waals surface area contributed by atoms with Gasteiger partial charge in [-0.2, -0.15) is 0 Å². The minimum atomic E-state index is -0.491. The smallest absolute Gasteiger partial charge is 0.269 e. The fourth-order valence-electron chi connectivity index (χ4n) is 3.90. The number of nitro groups is 1. The number of hydrogen-bond acceptors (Lipinski definition) is 6. The van der Waals surface area contributed by atoms with Crippen molar-refractivity contribution in [2.75, 3.05) is 7.11 Å². The van der Waals surface area contributed by atoms with E-state index in [2.05, 4.69) is 0 Å². The standard InChI is InChI=1S/C24H20N2O6/c1-14-22(27)21-20(23(28)24(14)31-3)19(15(2)25(21)16-7-5-4-6-8-16)13-32-18-11-9-17(10-12-18)26(29)30/h4-12H,13H2,1-3H3. The molecular formula is C24H20N2O6. The fraction of sp³-hybridized carbons (Fsp3) is 0.167. The summed E-state index contributed by atoms with van der Waals surface area (Å²) in [5.41, 5.74) is 2.73. The summed E-state index contributed by atoms with van der Waals surface area (Å²) < 4.78 is 12.9. The lowest BCUT2D eigenvalue weighted by Gasteiger charge is -2.18. The van der Waals surface area contributed by atoms with Crippen molar-refractivity contribution >= 4 is 17.3 Å². The molecule has 0 amide bonds. The number of allylic oxidation sites excluding steroid dienone is 2. The number of fused-ring (bicyclic) bond motifs is 1. The third-order valence-corrected chi connectivity index (χ3v) is 5.51. The number of methoxy groups -OCH3 is 1. The van der Waals surface area contributed by atoms with Crippen LogP contribution in [0.1, 0.15) is 39.0 Å². The molecule has 1 heterocycles. The van der Waals surface area contributed by atoms with E-state index in [0.29, 0.717) is 17.0 Å². The van der Waals surface area contributed by atoms with Crippen molar-refractivity contribution in [2.45, 2.75) is 20.5 Å². The first-order valence-corrected chi connectivity index (χ1v) is 9.86. The SMILES string of the molecule is COC1=C(C)C(=O)c2c(c(COc3ccc([N+](=O)[O-])cc3)c(C)n2-c2ccccc2)C1=O. The van der Waals surface area contributed by atoms with E-state index in [1.807, 2.05) is 37.3 Å². The summed E-state index contributed by atoms with van der Waals surface area (Å²) in [5, 5.41) is 10.9. The van der Waals surface area contributed by atoms with Gasteiger partial charge in [0.05, 0.1) is 17.6 Å². The second-order valence-corrected chi connectivity index (χ2v) is 7.31. The summed E-state index contributed by atoms with van der Waals surface area (Å²) in [7, 11) is 1.36. The first-order chi connectivity index (χ1) is 15.3. The number of nitrogens with zero attached hydrogens (tertiary/aromatic N) is 2. The molecule has 0 atom stereocenters. The molecule has 162 valence electrons. The van der Waals surface area contributed by atoms with Gasteiger partial charge in [0.25, 0.3) is 5.69 Å². The number of aromatic nitrogens is 1. The van der Waals surface area contributed by atoms with Crippen LogP contribution in [0.15, 0.2) is 65.9 Å². The largest absolute Gasteiger partial charge is 0.492 e. The number of benzene rings is 2. The van der Waals surface area contributed by atoms with E-state index < -0.39 is 4.92 Å². The van der Waals surface area contributed by atoms with Gasteiger partial charge in [-0.15, -0.1) is 0 Å². The Balaban J connectivity index is 1.82. The zero-order valence-electron chi connectivity index (χ0n) is 17.7. The van der Waals surface area contributed by atoms with Crippen LogP contribution in [-0.4, -0.2) is 28.2 Å². The Morgan fingerprint density at radius 3 is 2.22 bits per heavy atom. The van der Waals surface area contributed by atoms with Gasteiger partial charge in [0.1, 0.15) is 18.1 Å². The molecule has 0 saturated heterocycles. The lowest BCUT2D eigenvalue weighted by atomic mass is 9.91. The summed E-state index contributed by atoms with van der Waals surface area (Å²) in [4.78, 5) is 36.9. The number of ether oxygens (including phenoxy) is 2. The van der Waals surface area contributed by atoms with Crippen molar-refractivity contribution in [3.63, 3.8) is 0 Å². The van der Waals surface area contributed by atoms with Crippen molar-refractivity contribution in [3.8, 4) is 11.4 Å². The monoisotopic (exact) mass is 432 g/mol. The molecule has 0 bridgehead atoms. The molecule has 0 radical (unpaired) electrons. The first kappa shape index (κ1) is 21.0. The van der Waals surface area contributed by atoms with Crippen LogP contribution in [0.4, 0.5) is 5.69 Å². The summed E-state index contributed by atoms with van der Waals surface area (Å²) >= 11 is 0. The number of ketones is 2. The van der Waals surface area contributed by atoms with Crippen LogP contribution in [0.2, 0.25) is 0 Å². The highest BCUT2D eigenvalue weighted by Gasteiger charge is 2.38. The topological polar surface area (TPSA) is 101 Å². The molecule has 3 aromatic rings. The Bertz CT molecular complexity index is 1270. The van der Waals surface area contributed by atoms with Crippen molar-refractivity contribution < 1.29 is 24.0 Å². The molecule has 8 nitrogen and oxygen atoms in total. The third-order valence-electron chi connectivity index (χ3n) is 5.51. The second kappa shape index (κ2) is 8.14. The van der Waals surface area contributed by atoms with Gasteiger partial charge in [-0.1, -0.05) is 18.2 Å². The van der Waals surface area contributed by atoms with Crippen molar-refractivity contribution in [1.82, 2.24) is 4.57 Å². The number of non-ortho nitro benzene ring substituents is 1. The van der Waals surface area contributed by atoms with Crippen molar-refractivity contribution in [2.24, 2.45) is 0 Å². The van der Waals surface area contributed by atoms with Gasteiger partial charge in [0.15, 0.2) is 5.76 Å². The molecule has 0 fully saturated rings. The van der Waals surface area contributed by atoms with Crippen LogP contribution in [-0.2, 0) is 11.3 Å². The molecule has 1 aromatic heterocycles. The van der Waals surface area contributed by atoms with E-state index in [4.69, 9.17) is 9.47 Å². The van der Waals surface area contributed by atoms with E-state index in [1.165, 1.54) is 31.4 Å². The van der Waals surface area contributed by atoms with Gasteiger partial charge in [-0.3, -0.25) is 19.7 Å². The maximum Gasteiger partial charge on any atom is 0.269 e. The lowest BCUT2D eigenvalue weighted by Crippen LogP contribution is -2.24. The van der Waals surface area contributed by atoms with Gasteiger partial charge >= 0.3 is 0 Å². The average Bonchev–Trinajstić information content (AvgIpc) is 3.09. The Kier molecular flexibility index (Phi) is 5.36. The summed E-state index contributed by atoms with van der Waals surface area (Å²) in [6.45, 7) is 3.40. The predicted molar refractivity (Wildman–Crippen MR) is 116 cm³/mol. The Morgan fingerprint density at radius 2 is 1.62 bits per heavy atom. The molecule has 1 aliphatic rings. The van der Waals surface area contributed by atoms with E-state index in [-0.39, 0.29) is 46.5 Å². The molecule has 32 heavy (non-hydrogen) atoms. The van der Waals surface area contributed by atoms with Crippen molar-refractivity contribution in [1.29, 1.82) is 0 Å². The molecule has 0 N–H and O–H groups in total. The van der Waals surface area contributed by atoms with Crippen LogP contribution in [0, 0.1) is 17.0 Å². The number of Topliss-reactive ketones (excluding diaryl/α,β-unsaturated/α-hetero) is 2. The van der Waals surface area contributed by atoms with E-state index in [1.54, 1.807) is 11.5 Å². The molecule has 0 unspecified atom stereocenters. The first-order valence-electron chi connectivity index (χ1n) is 9.86. The minimum absolute atomic E-state index is 0.000866. The summed E-state index contributed by atoms with van der Waals surface area (Å²) in [6, 6.07) is 15.0. The molecule has 1 aliphatic carbocycles. The molecule has 0 aliphatic heterocycles. The van der Waals surface area contributed by atoms with Gasteiger partial charge in [0, 0.05) is 34.7 Å². The van der Waals surface area contributed by atoms with Crippen LogP contribution in [0.3, 0.4) is 0 Å². The third kappa shape index (κ3) is 3.35. The van der Waals surface area contributed by atoms with Crippen LogP contribution >= 0.6 is 0 Å². The van der Waals surface area contributed by atoms with Crippen LogP contribution in [0.25, 0.3) is 5.69 Å². The zero-order valence-corrected chi connectivity index (χ0v) is 17.7. The Hall–Kier alpha value is -4.20. The maximum atomic E-state index is 13.3. The fourth-order valence-corrected chi connectivity index (χ4v) is 3.90. The summed E-state index contributed by atoms with van der Waals surface area (Å²) in [5.74, 6) is -0.238. The molecule has 0 saturated carbocycles. The van der Waals surface area contributed by atoms with Crippen LogP contribution < -0.4 is 4.74 Å². The predicted octanol–water partition coefficient (Wildman–Crippen LogP) is 4.57. The van der Waals surface area contributed by atoms with Gasteiger partial charge < -0.3 is 14.0 Å². The van der Waals surface area contributed by atoms with E-state index in [0.717, 1.165) is 5.69 Å². The van der Waals surface area contributed by atoms with Crippen LogP contribution in [0.5, 0.6) is 5.75 Å². The number of carbonyl (C=O) groups is 2. The molecule has 0 spiro atoms. The Labute approximate surface area is 183 Å². The Morgan fingerprint density at radius 1 is 0.969 bits per heavy atom. The highest BCUT2D eigenvalue weighted by atomic mass is 16.6. The molecule has 4 rings (SSSR count). The van der Waals surface area contributed by atoms with E-state index in [9.17, 15) is 19.7 Å². The van der Waals surface area contributed by atoms with E-state index >= 15 is 0 Å². The number of para-hydroxylation sites is 1. The molecular weight excluding hydrogens is 412 g/mol. The second-order valence-electron chi connectivity index (χ2n) is 7.31. The maximum absolute atomic E-state index is 13.3. The number of hydrogen-bond donors (Lipinski definition) is 0. The highest BCUT2D eigenvalue weighted by Crippen LogP contribution is 2.35. The van der Waals surface area contributed by atoms with Crippen molar-refractivity contribution in [3.05, 3.63) is 98.6 Å². The number of nitro benzene ring substituents is 1. The normalized spacial score (nSPS) is 13.2.